The highest BCUT2D eigenvalue weighted by Gasteiger charge is 2.14. The van der Waals surface area contributed by atoms with Crippen LogP contribution in [0.25, 0.3) is 11.3 Å². The van der Waals surface area contributed by atoms with Crippen LogP contribution in [0.5, 0.6) is 0 Å². The number of rotatable bonds is 3. The molecule has 0 aliphatic heterocycles. The topological polar surface area (TPSA) is 29.3 Å². The van der Waals surface area contributed by atoms with Crippen LogP contribution >= 0.6 is 0 Å². The van der Waals surface area contributed by atoms with E-state index in [1.807, 2.05) is 50.5 Å². The van der Waals surface area contributed by atoms with Crippen LogP contribution in [0.1, 0.15) is 18.7 Å². The molecular weight excluding hydrogens is 200 g/mol. The van der Waals surface area contributed by atoms with Crippen LogP contribution in [0, 0.1) is 0 Å². The highest BCUT2D eigenvalue weighted by atomic mass is 16.5. The van der Waals surface area contributed by atoms with Gasteiger partial charge in [0.15, 0.2) is 5.76 Å². The van der Waals surface area contributed by atoms with E-state index < -0.39 is 0 Å². The molecule has 84 valence electrons. The third-order valence-electron chi connectivity index (χ3n) is 2.78. The molecule has 0 fully saturated rings. The van der Waals surface area contributed by atoms with Crippen LogP contribution in [0.15, 0.2) is 40.9 Å². The minimum absolute atomic E-state index is 0.241. The van der Waals surface area contributed by atoms with E-state index >= 15 is 0 Å². The molecule has 1 aromatic carbocycles. The van der Waals surface area contributed by atoms with Gasteiger partial charge in [0, 0.05) is 11.6 Å². The number of benzene rings is 1. The van der Waals surface area contributed by atoms with E-state index in [1.165, 1.54) is 0 Å². The molecule has 0 amide bonds. The van der Waals surface area contributed by atoms with Crippen LogP contribution < -0.4 is 0 Å². The molecule has 16 heavy (non-hydrogen) atoms. The average Bonchev–Trinajstić information content (AvgIpc) is 2.78. The maximum absolute atomic E-state index is 5.35. The van der Waals surface area contributed by atoms with Crippen molar-refractivity contribution in [3.8, 4) is 11.3 Å². The molecule has 1 heterocycles. The quantitative estimate of drug-likeness (QED) is 0.790. The van der Waals surface area contributed by atoms with Crippen LogP contribution in [0.4, 0.5) is 0 Å². The summed E-state index contributed by atoms with van der Waals surface area (Å²) in [7, 11) is 4.05. The number of hydrogen-bond donors (Lipinski definition) is 0. The third-order valence-corrected chi connectivity index (χ3v) is 2.78. The second-order valence-corrected chi connectivity index (χ2v) is 4.12. The maximum Gasteiger partial charge on any atom is 0.154 e. The highest BCUT2D eigenvalue weighted by molar-refractivity contribution is 5.58. The first-order valence-electron chi connectivity index (χ1n) is 5.37. The molecule has 3 nitrogen and oxygen atoms in total. The maximum atomic E-state index is 5.35. The van der Waals surface area contributed by atoms with Crippen LogP contribution in [0.3, 0.4) is 0 Å². The Balaban J connectivity index is 2.27. The SMILES string of the molecule is C[C@H](c1cc(-c2ccccc2)no1)N(C)C. The molecule has 0 unspecified atom stereocenters. The highest BCUT2D eigenvalue weighted by Crippen LogP contribution is 2.23. The van der Waals surface area contributed by atoms with Gasteiger partial charge in [0.2, 0.25) is 0 Å². The van der Waals surface area contributed by atoms with Crippen molar-refractivity contribution in [2.24, 2.45) is 0 Å². The minimum Gasteiger partial charge on any atom is -0.359 e. The van der Waals surface area contributed by atoms with Gasteiger partial charge in [-0.3, -0.25) is 4.90 Å². The normalized spacial score (nSPS) is 13.0. The lowest BCUT2D eigenvalue weighted by Crippen LogP contribution is -2.15. The summed E-state index contributed by atoms with van der Waals surface area (Å²) in [6.07, 6.45) is 0. The van der Waals surface area contributed by atoms with E-state index in [4.69, 9.17) is 4.52 Å². The molecule has 0 radical (unpaired) electrons. The molecule has 0 aliphatic carbocycles. The fraction of sp³-hybridized carbons (Fsp3) is 0.308. The summed E-state index contributed by atoms with van der Waals surface area (Å²) < 4.78 is 5.35. The van der Waals surface area contributed by atoms with Gasteiger partial charge in [0.1, 0.15) is 5.69 Å². The van der Waals surface area contributed by atoms with E-state index in [0.29, 0.717) is 0 Å². The molecule has 1 atom stereocenters. The minimum atomic E-state index is 0.241. The Morgan fingerprint density at radius 1 is 1.19 bits per heavy atom. The Morgan fingerprint density at radius 2 is 1.88 bits per heavy atom. The predicted octanol–water partition coefficient (Wildman–Crippen LogP) is 2.96. The van der Waals surface area contributed by atoms with Gasteiger partial charge in [-0.05, 0) is 21.0 Å². The first-order chi connectivity index (χ1) is 7.68. The summed E-state index contributed by atoms with van der Waals surface area (Å²) in [6, 6.07) is 12.3. The van der Waals surface area contributed by atoms with E-state index in [0.717, 1.165) is 17.0 Å². The number of nitrogens with zero attached hydrogens (tertiary/aromatic N) is 2. The number of hydrogen-bond acceptors (Lipinski definition) is 3. The molecule has 0 aliphatic rings. The fourth-order valence-electron chi connectivity index (χ4n) is 1.49. The van der Waals surface area contributed by atoms with Crippen molar-refractivity contribution in [3.05, 3.63) is 42.2 Å². The molecular formula is C13H16N2O. The largest absolute Gasteiger partial charge is 0.359 e. The van der Waals surface area contributed by atoms with Gasteiger partial charge in [0.25, 0.3) is 0 Å². The Bertz CT molecular complexity index is 448. The van der Waals surface area contributed by atoms with E-state index in [1.54, 1.807) is 0 Å². The van der Waals surface area contributed by atoms with Gasteiger partial charge >= 0.3 is 0 Å². The zero-order valence-electron chi connectivity index (χ0n) is 9.84. The predicted molar refractivity (Wildman–Crippen MR) is 64.0 cm³/mol. The van der Waals surface area contributed by atoms with Crippen molar-refractivity contribution in [2.45, 2.75) is 13.0 Å². The Hall–Kier alpha value is -1.61. The monoisotopic (exact) mass is 216 g/mol. The standard InChI is InChI=1S/C13H16N2O/c1-10(15(2)3)13-9-12(14-16-13)11-7-5-4-6-8-11/h4-10H,1-3H3/t10-/m1/s1. The van der Waals surface area contributed by atoms with Crippen LogP contribution in [-0.2, 0) is 0 Å². The van der Waals surface area contributed by atoms with Gasteiger partial charge in [-0.25, -0.2) is 0 Å². The molecule has 0 N–H and O–H groups in total. The van der Waals surface area contributed by atoms with Gasteiger partial charge < -0.3 is 4.52 Å². The first-order valence-corrected chi connectivity index (χ1v) is 5.37. The first kappa shape index (κ1) is 10.9. The summed E-state index contributed by atoms with van der Waals surface area (Å²) in [6.45, 7) is 2.09. The van der Waals surface area contributed by atoms with Gasteiger partial charge in [-0.15, -0.1) is 0 Å². The summed E-state index contributed by atoms with van der Waals surface area (Å²) in [5.74, 6) is 0.892. The zero-order valence-corrected chi connectivity index (χ0v) is 9.84. The molecule has 0 saturated heterocycles. The second-order valence-electron chi connectivity index (χ2n) is 4.12. The van der Waals surface area contributed by atoms with Gasteiger partial charge in [-0.1, -0.05) is 35.5 Å². The van der Waals surface area contributed by atoms with Gasteiger partial charge in [-0.2, -0.15) is 0 Å². The van der Waals surface area contributed by atoms with Gasteiger partial charge in [0.05, 0.1) is 6.04 Å². The molecule has 2 aromatic rings. The molecule has 0 spiro atoms. The van der Waals surface area contributed by atoms with Crippen molar-refractivity contribution < 1.29 is 4.52 Å². The van der Waals surface area contributed by atoms with E-state index in [2.05, 4.69) is 17.0 Å². The van der Waals surface area contributed by atoms with Crippen LogP contribution in [0.2, 0.25) is 0 Å². The third kappa shape index (κ3) is 2.14. The van der Waals surface area contributed by atoms with Crippen molar-refractivity contribution in [1.82, 2.24) is 10.1 Å². The molecule has 0 bridgehead atoms. The van der Waals surface area contributed by atoms with Crippen molar-refractivity contribution in [2.75, 3.05) is 14.1 Å². The number of aromatic nitrogens is 1. The Morgan fingerprint density at radius 3 is 2.50 bits per heavy atom. The lowest BCUT2D eigenvalue weighted by Gasteiger charge is -2.15. The van der Waals surface area contributed by atoms with Crippen molar-refractivity contribution in [3.63, 3.8) is 0 Å². The Labute approximate surface area is 95.7 Å². The summed E-state index contributed by atoms with van der Waals surface area (Å²) in [4.78, 5) is 2.09. The molecule has 3 heteroatoms. The van der Waals surface area contributed by atoms with E-state index in [9.17, 15) is 0 Å². The summed E-state index contributed by atoms with van der Waals surface area (Å²) >= 11 is 0. The zero-order chi connectivity index (χ0) is 11.5. The molecule has 2 rings (SSSR count). The fourth-order valence-corrected chi connectivity index (χ4v) is 1.49. The van der Waals surface area contributed by atoms with E-state index in [-0.39, 0.29) is 6.04 Å². The van der Waals surface area contributed by atoms with Crippen molar-refractivity contribution >= 4 is 0 Å². The van der Waals surface area contributed by atoms with Crippen molar-refractivity contribution in [1.29, 1.82) is 0 Å². The lowest BCUT2D eigenvalue weighted by molar-refractivity contribution is 0.253. The molecule has 0 saturated carbocycles. The summed E-state index contributed by atoms with van der Waals surface area (Å²) in [5, 5.41) is 4.09. The average molecular weight is 216 g/mol. The molecule has 1 aromatic heterocycles. The lowest BCUT2D eigenvalue weighted by atomic mass is 10.1. The van der Waals surface area contributed by atoms with Crippen LogP contribution in [-0.4, -0.2) is 24.2 Å². The second kappa shape index (κ2) is 4.49. The summed E-state index contributed by atoms with van der Waals surface area (Å²) in [5.41, 5.74) is 1.98. The Kier molecular flexibility index (Phi) is 3.06. The smallest absolute Gasteiger partial charge is 0.154 e.